The standard InChI is InChI=1S/C23H32O3S/c1-21-8-4-15(24)12-14(21)13-18(27-3)20-16(21)5-9-22(2)17(20)6-10-23(22)11-7-19(25)26-23/h12,16-18,20H,4-11,13H2,1-3H3/t16?,17-,18?,20+,21-,22-,23+/m0/s1. The van der Waals surface area contributed by atoms with Gasteiger partial charge in [-0.2, -0.15) is 11.8 Å². The molecule has 4 fully saturated rings. The third-order valence-corrected chi connectivity index (χ3v) is 10.7. The minimum atomic E-state index is -0.192. The van der Waals surface area contributed by atoms with Crippen molar-refractivity contribution >= 4 is 23.5 Å². The van der Waals surface area contributed by atoms with Gasteiger partial charge in [0.2, 0.25) is 0 Å². The minimum absolute atomic E-state index is 0.0204. The number of carbonyl (C=O) groups excluding carboxylic acids is 2. The van der Waals surface area contributed by atoms with Crippen molar-refractivity contribution in [3.8, 4) is 0 Å². The van der Waals surface area contributed by atoms with Gasteiger partial charge in [-0.25, -0.2) is 0 Å². The SMILES string of the molecule is CSC1CC2=CC(=O)CC[C@]2(C)C2CC[C@@]3(C)[C@@H](CC[C@@]34CCC(=O)O4)[C@H]12. The van der Waals surface area contributed by atoms with E-state index in [0.717, 1.165) is 32.1 Å². The number of ether oxygens (including phenoxy) is 1. The van der Waals surface area contributed by atoms with E-state index >= 15 is 0 Å². The van der Waals surface area contributed by atoms with E-state index in [1.807, 2.05) is 17.8 Å². The van der Waals surface area contributed by atoms with Gasteiger partial charge in [0.25, 0.3) is 0 Å². The molecule has 1 spiro atoms. The highest BCUT2D eigenvalue weighted by atomic mass is 32.2. The van der Waals surface area contributed by atoms with Crippen LogP contribution in [-0.4, -0.2) is 28.9 Å². The Hall–Kier alpha value is -0.770. The number of fused-ring (bicyclic) bond motifs is 6. The highest BCUT2D eigenvalue weighted by Crippen LogP contribution is 2.70. The van der Waals surface area contributed by atoms with E-state index < -0.39 is 0 Å². The van der Waals surface area contributed by atoms with E-state index in [2.05, 4.69) is 20.1 Å². The Bertz CT molecular complexity index is 729. The van der Waals surface area contributed by atoms with Crippen molar-refractivity contribution in [1.82, 2.24) is 0 Å². The maximum absolute atomic E-state index is 12.1. The predicted octanol–water partition coefficient (Wildman–Crippen LogP) is 4.94. The highest BCUT2D eigenvalue weighted by Gasteiger charge is 2.68. The lowest BCUT2D eigenvalue weighted by Crippen LogP contribution is -2.57. The first-order valence-electron chi connectivity index (χ1n) is 10.8. The molecule has 0 bridgehead atoms. The van der Waals surface area contributed by atoms with Gasteiger partial charge in [0.1, 0.15) is 5.60 Å². The van der Waals surface area contributed by atoms with Crippen LogP contribution >= 0.6 is 11.8 Å². The molecule has 4 aliphatic carbocycles. The van der Waals surface area contributed by atoms with Crippen molar-refractivity contribution in [2.75, 3.05) is 6.26 Å². The summed E-state index contributed by atoms with van der Waals surface area (Å²) in [5.74, 6) is 2.36. The van der Waals surface area contributed by atoms with E-state index in [9.17, 15) is 9.59 Å². The topological polar surface area (TPSA) is 43.4 Å². The van der Waals surface area contributed by atoms with Gasteiger partial charge >= 0.3 is 5.97 Å². The van der Waals surface area contributed by atoms with Gasteiger partial charge in [-0.15, -0.1) is 0 Å². The fourth-order valence-corrected chi connectivity index (χ4v) is 9.08. The third kappa shape index (κ3) is 2.28. The van der Waals surface area contributed by atoms with E-state index in [1.165, 1.54) is 24.8 Å². The Morgan fingerprint density at radius 1 is 1.04 bits per heavy atom. The lowest BCUT2D eigenvalue weighted by Gasteiger charge is -2.61. The number of rotatable bonds is 1. The van der Waals surface area contributed by atoms with Crippen LogP contribution in [0.3, 0.4) is 0 Å². The van der Waals surface area contributed by atoms with Gasteiger partial charge in [-0.05, 0) is 80.4 Å². The summed E-state index contributed by atoms with van der Waals surface area (Å²) in [5.41, 5.74) is 1.58. The molecule has 0 amide bonds. The first-order valence-corrected chi connectivity index (χ1v) is 12.1. The van der Waals surface area contributed by atoms with E-state index in [4.69, 9.17) is 4.74 Å². The molecule has 0 radical (unpaired) electrons. The first kappa shape index (κ1) is 18.3. The summed E-state index contributed by atoms with van der Waals surface area (Å²) >= 11 is 2.01. The van der Waals surface area contributed by atoms with Gasteiger partial charge in [0.05, 0.1) is 0 Å². The lowest BCUT2D eigenvalue weighted by atomic mass is 9.46. The van der Waals surface area contributed by atoms with E-state index in [1.54, 1.807) is 0 Å². The molecule has 1 saturated heterocycles. The second kappa shape index (κ2) is 5.87. The Morgan fingerprint density at radius 3 is 2.52 bits per heavy atom. The summed E-state index contributed by atoms with van der Waals surface area (Å²) in [7, 11) is 0. The van der Waals surface area contributed by atoms with Crippen molar-refractivity contribution in [2.45, 2.75) is 82.5 Å². The maximum Gasteiger partial charge on any atom is 0.306 e. The molecule has 5 aliphatic rings. The molecule has 2 unspecified atom stereocenters. The smallest absolute Gasteiger partial charge is 0.306 e. The number of esters is 1. The average Bonchev–Trinajstić information content (AvgIpc) is 3.16. The quantitative estimate of drug-likeness (QED) is 0.597. The Labute approximate surface area is 167 Å². The second-order valence-corrected chi connectivity index (χ2v) is 11.4. The van der Waals surface area contributed by atoms with Crippen molar-refractivity contribution in [1.29, 1.82) is 0 Å². The van der Waals surface area contributed by atoms with Gasteiger partial charge in [0.15, 0.2) is 5.78 Å². The van der Waals surface area contributed by atoms with Crippen LogP contribution in [0.4, 0.5) is 0 Å². The number of hydrogen-bond donors (Lipinski definition) is 0. The summed E-state index contributed by atoms with van der Waals surface area (Å²) in [6.45, 7) is 4.89. The number of ketones is 1. The first-order chi connectivity index (χ1) is 12.8. The van der Waals surface area contributed by atoms with E-state index in [0.29, 0.717) is 35.2 Å². The number of carbonyl (C=O) groups is 2. The summed E-state index contributed by atoms with van der Waals surface area (Å²) < 4.78 is 6.07. The van der Waals surface area contributed by atoms with Crippen LogP contribution in [0.25, 0.3) is 0 Å². The van der Waals surface area contributed by atoms with Gasteiger partial charge in [-0.1, -0.05) is 19.4 Å². The zero-order valence-corrected chi connectivity index (χ0v) is 17.7. The summed E-state index contributed by atoms with van der Waals surface area (Å²) in [6.07, 6.45) is 13.3. The van der Waals surface area contributed by atoms with Crippen molar-refractivity contribution in [3.63, 3.8) is 0 Å². The summed E-state index contributed by atoms with van der Waals surface area (Å²) in [5, 5.41) is 0.595. The molecule has 27 heavy (non-hydrogen) atoms. The molecule has 0 aromatic carbocycles. The maximum atomic E-state index is 12.1. The van der Waals surface area contributed by atoms with Crippen molar-refractivity contribution in [3.05, 3.63) is 11.6 Å². The Kier molecular flexibility index (Phi) is 3.97. The molecule has 7 atom stereocenters. The fraction of sp³-hybridized carbons (Fsp3) is 0.826. The second-order valence-electron chi connectivity index (χ2n) is 10.3. The van der Waals surface area contributed by atoms with Crippen molar-refractivity contribution < 1.29 is 14.3 Å². The van der Waals surface area contributed by atoms with Gasteiger partial charge in [-0.3, -0.25) is 9.59 Å². The molecular weight excluding hydrogens is 356 g/mol. The van der Waals surface area contributed by atoms with Gasteiger partial charge < -0.3 is 4.74 Å². The van der Waals surface area contributed by atoms with E-state index in [-0.39, 0.29) is 22.4 Å². The monoisotopic (exact) mass is 388 g/mol. The molecule has 5 rings (SSSR count). The molecule has 1 aliphatic heterocycles. The Morgan fingerprint density at radius 2 is 1.81 bits per heavy atom. The molecular formula is C23H32O3S. The minimum Gasteiger partial charge on any atom is -0.458 e. The zero-order chi connectivity index (χ0) is 19.0. The number of hydrogen-bond acceptors (Lipinski definition) is 4. The van der Waals surface area contributed by atoms with Crippen LogP contribution in [-0.2, 0) is 14.3 Å². The fourth-order valence-electron chi connectivity index (χ4n) is 8.04. The Balaban J connectivity index is 1.54. The largest absolute Gasteiger partial charge is 0.458 e. The average molecular weight is 389 g/mol. The number of allylic oxidation sites excluding steroid dienone is 1. The molecule has 148 valence electrons. The molecule has 4 heteroatoms. The molecule has 3 nitrogen and oxygen atoms in total. The molecule has 1 heterocycles. The number of thioether (sulfide) groups is 1. The highest BCUT2D eigenvalue weighted by molar-refractivity contribution is 7.99. The zero-order valence-electron chi connectivity index (χ0n) is 16.9. The normalized spacial score (nSPS) is 51.4. The van der Waals surface area contributed by atoms with Crippen LogP contribution in [0.15, 0.2) is 11.6 Å². The summed E-state index contributed by atoms with van der Waals surface area (Å²) in [4.78, 5) is 24.1. The molecule has 0 aromatic rings. The van der Waals surface area contributed by atoms with Crippen molar-refractivity contribution in [2.24, 2.45) is 28.6 Å². The predicted molar refractivity (Wildman–Crippen MR) is 107 cm³/mol. The molecule has 0 aromatic heterocycles. The lowest BCUT2D eigenvalue weighted by molar-refractivity contribution is -0.167. The van der Waals surface area contributed by atoms with Crippen LogP contribution in [0, 0.1) is 28.6 Å². The van der Waals surface area contributed by atoms with Gasteiger partial charge in [0, 0.05) is 23.5 Å². The summed E-state index contributed by atoms with van der Waals surface area (Å²) in [6, 6.07) is 0. The van der Waals surface area contributed by atoms with Crippen LogP contribution < -0.4 is 0 Å². The third-order valence-electron chi connectivity index (χ3n) is 9.60. The van der Waals surface area contributed by atoms with Crippen LogP contribution in [0.1, 0.15) is 71.6 Å². The molecule has 3 saturated carbocycles. The van der Waals surface area contributed by atoms with Crippen LogP contribution in [0.5, 0.6) is 0 Å². The van der Waals surface area contributed by atoms with Crippen LogP contribution in [0.2, 0.25) is 0 Å². The molecule has 0 N–H and O–H groups in total.